The largest absolute Gasteiger partial charge is 0.548 e. The van der Waals surface area contributed by atoms with E-state index < -0.39 is 8.32 Å². The Labute approximate surface area is 93.9 Å². The summed E-state index contributed by atoms with van der Waals surface area (Å²) in [6.45, 7) is 8.65. The highest BCUT2D eigenvalue weighted by molar-refractivity contribution is 6.70. The van der Waals surface area contributed by atoms with Crippen molar-refractivity contribution in [1.82, 2.24) is 0 Å². The van der Waals surface area contributed by atoms with E-state index in [4.69, 9.17) is 4.43 Å². The summed E-state index contributed by atoms with van der Waals surface area (Å²) in [6, 6.07) is 10.4. The molecule has 0 aromatic heterocycles. The quantitative estimate of drug-likeness (QED) is 0.551. The molecule has 15 heavy (non-hydrogen) atoms. The van der Waals surface area contributed by atoms with E-state index in [-0.39, 0.29) is 0 Å². The Balaban J connectivity index is 2.51. The molecule has 1 aromatic rings. The van der Waals surface area contributed by atoms with Crippen LogP contribution in [0.1, 0.15) is 12.5 Å². The van der Waals surface area contributed by atoms with Gasteiger partial charge in [-0.25, -0.2) is 0 Å². The lowest BCUT2D eigenvalue weighted by molar-refractivity contribution is 0.422. The first-order valence-corrected chi connectivity index (χ1v) is 8.78. The van der Waals surface area contributed by atoms with Crippen LogP contribution in [0.15, 0.2) is 42.2 Å². The zero-order valence-corrected chi connectivity index (χ0v) is 11.1. The molecule has 1 aromatic carbocycles. The first kappa shape index (κ1) is 12.0. The van der Waals surface area contributed by atoms with Crippen LogP contribution in [0.3, 0.4) is 0 Å². The molecule has 0 saturated carbocycles. The summed E-state index contributed by atoms with van der Waals surface area (Å²) >= 11 is 0. The van der Waals surface area contributed by atoms with E-state index in [9.17, 15) is 0 Å². The Kier molecular flexibility index (Phi) is 4.15. The first-order chi connectivity index (χ1) is 6.97. The Morgan fingerprint density at radius 1 is 1.20 bits per heavy atom. The molecule has 82 valence electrons. The van der Waals surface area contributed by atoms with Gasteiger partial charge in [0, 0.05) is 0 Å². The fourth-order valence-electron chi connectivity index (χ4n) is 1.40. The molecule has 0 amide bonds. The van der Waals surface area contributed by atoms with Crippen molar-refractivity contribution in [3.63, 3.8) is 0 Å². The van der Waals surface area contributed by atoms with Gasteiger partial charge in [0.15, 0.2) is 0 Å². The fourth-order valence-corrected chi connectivity index (χ4v) is 2.45. The Morgan fingerprint density at radius 3 is 2.33 bits per heavy atom. The molecule has 0 aliphatic heterocycles. The van der Waals surface area contributed by atoms with Crippen LogP contribution in [0.2, 0.25) is 19.6 Å². The fraction of sp³-hybridized carbons (Fsp3) is 0.385. The number of hydrogen-bond donors (Lipinski definition) is 0. The summed E-state index contributed by atoms with van der Waals surface area (Å²) in [5.74, 6) is 1.05. The topological polar surface area (TPSA) is 9.23 Å². The van der Waals surface area contributed by atoms with Crippen molar-refractivity contribution in [2.24, 2.45) is 0 Å². The molecule has 0 heterocycles. The van der Waals surface area contributed by atoms with Crippen molar-refractivity contribution >= 4 is 8.32 Å². The van der Waals surface area contributed by atoms with Gasteiger partial charge in [-0.15, -0.1) is 0 Å². The van der Waals surface area contributed by atoms with Crippen molar-refractivity contribution in [2.45, 2.75) is 33.0 Å². The molecule has 0 aliphatic carbocycles. The molecule has 0 fully saturated rings. The van der Waals surface area contributed by atoms with Crippen LogP contribution in [-0.2, 0) is 10.8 Å². The third-order valence-corrected chi connectivity index (χ3v) is 2.87. The van der Waals surface area contributed by atoms with Crippen LogP contribution in [-0.4, -0.2) is 8.32 Å². The highest BCUT2D eigenvalue weighted by atomic mass is 28.4. The lowest BCUT2D eigenvalue weighted by Gasteiger charge is -2.19. The summed E-state index contributed by atoms with van der Waals surface area (Å²) in [4.78, 5) is 0. The van der Waals surface area contributed by atoms with Crippen molar-refractivity contribution < 1.29 is 4.43 Å². The van der Waals surface area contributed by atoms with Crippen LogP contribution in [0.5, 0.6) is 0 Å². The van der Waals surface area contributed by atoms with Gasteiger partial charge in [-0.05, 0) is 44.6 Å². The van der Waals surface area contributed by atoms with E-state index in [1.54, 1.807) is 0 Å². The van der Waals surface area contributed by atoms with Crippen LogP contribution in [0.25, 0.3) is 0 Å². The van der Waals surface area contributed by atoms with E-state index in [0.717, 1.165) is 12.2 Å². The second kappa shape index (κ2) is 5.17. The molecule has 0 radical (unpaired) electrons. The lowest BCUT2D eigenvalue weighted by atomic mass is 10.1. The minimum atomic E-state index is -1.43. The van der Waals surface area contributed by atoms with Gasteiger partial charge in [0.05, 0.1) is 5.76 Å². The highest BCUT2D eigenvalue weighted by Crippen LogP contribution is 2.11. The lowest BCUT2D eigenvalue weighted by Crippen LogP contribution is -2.24. The highest BCUT2D eigenvalue weighted by Gasteiger charge is 2.15. The Bertz CT molecular complexity index is 322. The Morgan fingerprint density at radius 2 is 1.80 bits per heavy atom. The Hall–Kier alpha value is -1.02. The minimum Gasteiger partial charge on any atom is -0.548 e. The monoisotopic (exact) mass is 220 g/mol. The van der Waals surface area contributed by atoms with Gasteiger partial charge in [0.2, 0.25) is 8.32 Å². The molecule has 0 atom stereocenters. The molecule has 0 N–H and O–H groups in total. The van der Waals surface area contributed by atoms with Crippen molar-refractivity contribution in [3.05, 3.63) is 47.7 Å². The van der Waals surface area contributed by atoms with Crippen LogP contribution in [0, 0.1) is 0 Å². The molecule has 0 spiro atoms. The molecule has 0 bridgehead atoms. The third kappa shape index (κ3) is 5.43. The molecule has 1 rings (SSSR count). The van der Waals surface area contributed by atoms with E-state index in [1.807, 2.05) is 13.0 Å². The minimum absolute atomic E-state index is 0.956. The standard InChI is InChI=1S/C13H20OSi/c1-12(14-15(2,3)4)10-11-13-8-6-5-7-9-13/h5-10H,11H2,1-4H3. The number of rotatable bonds is 4. The van der Waals surface area contributed by atoms with Gasteiger partial charge >= 0.3 is 0 Å². The van der Waals surface area contributed by atoms with Crippen LogP contribution in [0.4, 0.5) is 0 Å². The molecule has 0 saturated heterocycles. The number of hydrogen-bond acceptors (Lipinski definition) is 1. The number of allylic oxidation sites excluding steroid dienone is 2. The average Bonchev–Trinajstić information content (AvgIpc) is 2.14. The van der Waals surface area contributed by atoms with E-state index in [2.05, 4.69) is 50.0 Å². The van der Waals surface area contributed by atoms with Crippen molar-refractivity contribution in [3.8, 4) is 0 Å². The molecular weight excluding hydrogens is 200 g/mol. The smallest absolute Gasteiger partial charge is 0.241 e. The van der Waals surface area contributed by atoms with E-state index in [0.29, 0.717) is 0 Å². The number of benzene rings is 1. The van der Waals surface area contributed by atoms with Gasteiger partial charge in [0.1, 0.15) is 0 Å². The molecule has 0 unspecified atom stereocenters. The van der Waals surface area contributed by atoms with Gasteiger partial charge in [-0.3, -0.25) is 0 Å². The normalized spacial score (nSPS) is 12.7. The predicted octanol–water partition coefficient (Wildman–Crippen LogP) is 3.98. The van der Waals surface area contributed by atoms with Crippen molar-refractivity contribution in [2.75, 3.05) is 0 Å². The summed E-state index contributed by atoms with van der Waals surface area (Å²) in [6.07, 6.45) is 3.12. The SMILES string of the molecule is CC(=CCc1ccccc1)O[Si](C)(C)C. The molecule has 1 nitrogen and oxygen atoms in total. The van der Waals surface area contributed by atoms with Crippen LogP contribution >= 0.6 is 0 Å². The van der Waals surface area contributed by atoms with Crippen molar-refractivity contribution in [1.29, 1.82) is 0 Å². The first-order valence-electron chi connectivity index (χ1n) is 5.37. The zero-order valence-electron chi connectivity index (χ0n) is 10.1. The maximum absolute atomic E-state index is 5.86. The van der Waals surface area contributed by atoms with E-state index >= 15 is 0 Å². The molecule has 2 heteroatoms. The summed E-state index contributed by atoms with van der Waals surface area (Å²) in [7, 11) is -1.43. The maximum atomic E-state index is 5.86. The molecular formula is C13H20OSi. The van der Waals surface area contributed by atoms with Gasteiger partial charge in [-0.2, -0.15) is 0 Å². The maximum Gasteiger partial charge on any atom is 0.241 e. The zero-order chi connectivity index (χ0) is 11.3. The second-order valence-corrected chi connectivity index (χ2v) is 9.15. The predicted molar refractivity (Wildman–Crippen MR) is 68.3 cm³/mol. The average molecular weight is 220 g/mol. The summed E-state index contributed by atoms with van der Waals surface area (Å²) < 4.78 is 5.86. The summed E-state index contributed by atoms with van der Waals surface area (Å²) in [5, 5.41) is 0. The van der Waals surface area contributed by atoms with Crippen LogP contribution < -0.4 is 0 Å². The summed E-state index contributed by atoms with van der Waals surface area (Å²) in [5.41, 5.74) is 1.33. The van der Waals surface area contributed by atoms with E-state index in [1.165, 1.54) is 5.56 Å². The molecule has 0 aliphatic rings. The second-order valence-electron chi connectivity index (χ2n) is 4.72. The van der Waals surface area contributed by atoms with Gasteiger partial charge in [-0.1, -0.05) is 30.3 Å². The van der Waals surface area contributed by atoms with Gasteiger partial charge in [0.25, 0.3) is 0 Å². The van der Waals surface area contributed by atoms with Gasteiger partial charge < -0.3 is 4.43 Å². The third-order valence-electron chi connectivity index (χ3n) is 1.94.